The highest BCUT2D eigenvalue weighted by atomic mass is 32.2. The Bertz CT molecular complexity index is 953. The summed E-state index contributed by atoms with van der Waals surface area (Å²) in [6.07, 6.45) is 0.197. The normalized spacial score (nSPS) is 16.9. The van der Waals surface area contributed by atoms with Crippen molar-refractivity contribution in [2.45, 2.75) is 11.3 Å². The van der Waals surface area contributed by atoms with Crippen LogP contribution < -0.4 is 14.9 Å². The zero-order valence-electron chi connectivity index (χ0n) is 14.1. The molecule has 4 rings (SSSR count). The van der Waals surface area contributed by atoms with Gasteiger partial charge in [-0.05, 0) is 35.9 Å². The fourth-order valence-electron chi connectivity index (χ4n) is 3.22. The van der Waals surface area contributed by atoms with Crippen molar-refractivity contribution in [2.24, 2.45) is 0 Å². The number of rotatable bonds is 4. The lowest BCUT2D eigenvalue weighted by atomic mass is 10.2. The maximum Gasteiger partial charge on any atom is 0.261 e. The van der Waals surface area contributed by atoms with E-state index in [2.05, 4.69) is 14.9 Å². The van der Waals surface area contributed by atoms with Crippen molar-refractivity contribution in [3.05, 3.63) is 48.0 Å². The molecule has 2 N–H and O–H groups in total. The summed E-state index contributed by atoms with van der Waals surface area (Å²) in [5, 5.41) is 2.71. The van der Waals surface area contributed by atoms with Crippen molar-refractivity contribution >= 4 is 33.0 Å². The SMILES string of the molecule is O=C1Cc2cc(S(=O)(=O)Nc3ccccc3N3CCOCC3)ccc2N1. The first-order valence-corrected chi connectivity index (χ1v) is 9.88. The first kappa shape index (κ1) is 16.9. The van der Waals surface area contributed by atoms with Gasteiger partial charge in [-0.3, -0.25) is 9.52 Å². The van der Waals surface area contributed by atoms with Crippen LogP contribution in [0.3, 0.4) is 0 Å². The van der Waals surface area contributed by atoms with Crippen LogP contribution in [0.4, 0.5) is 17.1 Å². The molecule has 2 heterocycles. The highest BCUT2D eigenvalue weighted by Crippen LogP contribution is 2.30. The van der Waals surface area contributed by atoms with Crippen molar-refractivity contribution in [3.8, 4) is 0 Å². The number of amides is 1. The molecule has 2 aliphatic heterocycles. The Morgan fingerprint density at radius 3 is 2.65 bits per heavy atom. The van der Waals surface area contributed by atoms with Crippen molar-refractivity contribution in [3.63, 3.8) is 0 Å². The van der Waals surface area contributed by atoms with E-state index in [-0.39, 0.29) is 17.2 Å². The minimum absolute atomic E-state index is 0.125. The maximum atomic E-state index is 12.9. The largest absolute Gasteiger partial charge is 0.378 e. The molecule has 0 unspecified atom stereocenters. The van der Waals surface area contributed by atoms with Crippen molar-refractivity contribution in [1.29, 1.82) is 0 Å². The Morgan fingerprint density at radius 1 is 1.08 bits per heavy atom. The number of ether oxygens (including phenoxy) is 1. The third kappa shape index (κ3) is 3.25. The summed E-state index contributed by atoms with van der Waals surface area (Å²) in [5.74, 6) is -0.125. The lowest BCUT2D eigenvalue weighted by Gasteiger charge is -2.30. The average molecular weight is 373 g/mol. The van der Waals surface area contributed by atoms with E-state index in [1.807, 2.05) is 12.1 Å². The van der Waals surface area contributed by atoms with Crippen molar-refractivity contribution in [1.82, 2.24) is 0 Å². The molecular weight excluding hydrogens is 354 g/mol. The second kappa shape index (κ2) is 6.62. The molecule has 0 spiro atoms. The number of para-hydroxylation sites is 2. The van der Waals surface area contributed by atoms with Crippen LogP contribution in [0.5, 0.6) is 0 Å². The zero-order valence-corrected chi connectivity index (χ0v) is 14.9. The summed E-state index contributed by atoms with van der Waals surface area (Å²) in [6.45, 7) is 2.66. The number of hydrogen-bond donors (Lipinski definition) is 2. The van der Waals surface area contributed by atoms with Gasteiger partial charge >= 0.3 is 0 Å². The van der Waals surface area contributed by atoms with Crippen LogP contribution >= 0.6 is 0 Å². The average Bonchev–Trinajstić information content (AvgIpc) is 3.02. The number of fused-ring (bicyclic) bond motifs is 1. The number of morpholine rings is 1. The number of carbonyl (C=O) groups excluding carboxylic acids is 1. The molecule has 0 bridgehead atoms. The van der Waals surface area contributed by atoms with Crippen LogP contribution in [-0.4, -0.2) is 40.6 Å². The van der Waals surface area contributed by atoms with Crippen molar-refractivity contribution in [2.75, 3.05) is 41.2 Å². The molecule has 1 amide bonds. The lowest BCUT2D eigenvalue weighted by molar-refractivity contribution is -0.115. The van der Waals surface area contributed by atoms with Gasteiger partial charge in [0.1, 0.15) is 0 Å². The monoisotopic (exact) mass is 373 g/mol. The van der Waals surface area contributed by atoms with E-state index < -0.39 is 10.0 Å². The Morgan fingerprint density at radius 2 is 1.85 bits per heavy atom. The van der Waals surface area contributed by atoms with Crippen LogP contribution in [0.1, 0.15) is 5.56 Å². The van der Waals surface area contributed by atoms with E-state index >= 15 is 0 Å². The third-order valence-electron chi connectivity index (χ3n) is 4.51. The number of hydrogen-bond acceptors (Lipinski definition) is 5. The summed E-state index contributed by atoms with van der Waals surface area (Å²) in [7, 11) is -3.76. The number of anilines is 3. The number of nitrogens with zero attached hydrogens (tertiary/aromatic N) is 1. The minimum atomic E-state index is -3.76. The van der Waals surface area contributed by atoms with Crippen LogP contribution in [0.15, 0.2) is 47.4 Å². The van der Waals surface area contributed by atoms with E-state index in [9.17, 15) is 13.2 Å². The maximum absolute atomic E-state index is 12.9. The minimum Gasteiger partial charge on any atom is -0.378 e. The topological polar surface area (TPSA) is 87.7 Å². The van der Waals surface area contributed by atoms with E-state index in [1.54, 1.807) is 24.3 Å². The lowest BCUT2D eigenvalue weighted by Crippen LogP contribution is -2.36. The highest BCUT2D eigenvalue weighted by molar-refractivity contribution is 7.92. The fourth-order valence-corrected chi connectivity index (χ4v) is 4.34. The first-order chi connectivity index (χ1) is 12.5. The summed E-state index contributed by atoms with van der Waals surface area (Å²) in [6, 6.07) is 12.0. The molecule has 1 fully saturated rings. The fraction of sp³-hybridized carbons (Fsp3) is 0.278. The molecular formula is C18H19N3O4S. The second-order valence-electron chi connectivity index (χ2n) is 6.27. The molecule has 136 valence electrons. The molecule has 8 heteroatoms. The molecule has 26 heavy (non-hydrogen) atoms. The van der Waals surface area contributed by atoms with Crippen molar-refractivity contribution < 1.29 is 17.9 Å². The quantitative estimate of drug-likeness (QED) is 0.854. The summed E-state index contributed by atoms with van der Waals surface area (Å²) >= 11 is 0. The Balaban J connectivity index is 1.63. The van der Waals surface area contributed by atoms with Gasteiger partial charge in [-0.2, -0.15) is 0 Å². The van der Waals surface area contributed by atoms with Gasteiger partial charge in [0.05, 0.1) is 35.9 Å². The van der Waals surface area contributed by atoms with Gasteiger partial charge < -0.3 is 15.0 Å². The van der Waals surface area contributed by atoms with Crippen LogP contribution in [0, 0.1) is 0 Å². The van der Waals surface area contributed by atoms with Crippen LogP contribution in [0.25, 0.3) is 0 Å². The summed E-state index contributed by atoms with van der Waals surface area (Å²) in [4.78, 5) is 13.7. The number of sulfonamides is 1. The third-order valence-corrected chi connectivity index (χ3v) is 5.88. The standard InChI is InChI=1S/C18H19N3O4S/c22-18-12-13-11-14(5-6-15(13)19-18)26(23,24)20-16-3-1-2-4-17(16)21-7-9-25-10-8-21/h1-6,11,20H,7-10,12H2,(H,19,22). The predicted octanol–water partition coefficient (Wildman–Crippen LogP) is 1.82. The van der Waals surface area contributed by atoms with Gasteiger partial charge in [0.2, 0.25) is 5.91 Å². The van der Waals surface area contributed by atoms with E-state index in [1.165, 1.54) is 6.07 Å². The molecule has 2 aromatic carbocycles. The van der Waals surface area contributed by atoms with Gasteiger partial charge in [0.15, 0.2) is 0 Å². The second-order valence-corrected chi connectivity index (χ2v) is 7.95. The molecule has 2 aliphatic rings. The Labute approximate surface area is 152 Å². The molecule has 0 atom stereocenters. The van der Waals surface area contributed by atoms with E-state index in [0.29, 0.717) is 43.2 Å². The summed E-state index contributed by atoms with van der Waals surface area (Å²) < 4.78 is 33.8. The first-order valence-electron chi connectivity index (χ1n) is 8.40. The predicted molar refractivity (Wildman–Crippen MR) is 99.1 cm³/mol. The molecule has 0 aliphatic carbocycles. The molecule has 7 nitrogen and oxygen atoms in total. The molecule has 0 saturated carbocycles. The molecule has 0 radical (unpaired) electrons. The number of nitrogens with one attached hydrogen (secondary N) is 2. The van der Waals surface area contributed by atoms with E-state index in [0.717, 1.165) is 5.69 Å². The Kier molecular flexibility index (Phi) is 4.29. The summed E-state index contributed by atoms with van der Waals surface area (Å²) in [5.41, 5.74) is 2.73. The van der Waals surface area contributed by atoms with Gasteiger partial charge in [-0.1, -0.05) is 12.1 Å². The highest BCUT2D eigenvalue weighted by Gasteiger charge is 2.23. The zero-order chi connectivity index (χ0) is 18.1. The van der Waals surface area contributed by atoms with Gasteiger partial charge in [-0.25, -0.2) is 8.42 Å². The Hall–Kier alpha value is -2.58. The van der Waals surface area contributed by atoms with Gasteiger partial charge in [-0.15, -0.1) is 0 Å². The molecule has 1 saturated heterocycles. The molecule has 0 aromatic heterocycles. The van der Waals surface area contributed by atoms with Gasteiger partial charge in [0, 0.05) is 18.8 Å². The smallest absolute Gasteiger partial charge is 0.261 e. The van der Waals surface area contributed by atoms with Crippen LogP contribution in [-0.2, 0) is 26.0 Å². The van der Waals surface area contributed by atoms with E-state index in [4.69, 9.17) is 4.74 Å². The number of carbonyl (C=O) groups is 1. The number of benzene rings is 2. The van der Waals surface area contributed by atoms with Crippen LogP contribution in [0.2, 0.25) is 0 Å². The molecule has 2 aromatic rings. The van der Waals surface area contributed by atoms with Gasteiger partial charge in [0.25, 0.3) is 10.0 Å².